The summed E-state index contributed by atoms with van der Waals surface area (Å²) >= 11 is 0.323. The molecule has 1 fully saturated rings. The highest BCUT2D eigenvalue weighted by molar-refractivity contribution is 7.70. The summed E-state index contributed by atoms with van der Waals surface area (Å²) in [6.45, 7) is -0.905. The molecule has 29 heavy (non-hydrogen) atoms. The topological polar surface area (TPSA) is 252 Å². The lowest BCUT2D eigenvalue weighted by atomic mass is 10.1. The van der Waals surface area contributed by atoms with Crippen molar-refractivity contribution in [2.45, 2.75) is 24.4 Å². The molecule has 2 heterocycles. The Hall–Kier alpha value is -0.450. The Labute approximate surface area is 166 Å². The fraction of sp³-hybridized carbons (Fsp3) is 0.556. The Morgan fingerprint density at radius 1 is 1.28 bits per heavy atom. The maximum absolute atomic E-state index is 13.6. The molecule has 1 aliphatic heterocycles. The lowest BCUT2D eigenvalue weighted by molar-refractivity contribution is -0.0260. The van der Waals surface area contributed by atoms with Gasteiger partial charge in [0.2, 0.25) is 5.13 Å². The molecule has 5 atom stereocenters. The number of aliphatic hydroxyl groups is 2. The second-order valence-corrected chi connectivity index (χ2v) is 10.3. The van der Waals surface area contributed by atoms with Crippen LogP contribution in [0.25, 0.3) is 0 Å². The average Bonchev–Trinajstić information content (AvgIpc) is 3.05. The van der Waals surface area contributed by atoms with Crippen LogP contribution in [0.5, 0.6) is 0 Å². The monoisotopic (exact) mass is 503 g/mol. The normalized spacial score (nSPS) is 26.0. The van der Waals surface area contributed by atoms with E-state index in [0.29, 0.717) is 11.3 Å². The molecule has 164 valence electrons. The van der Waals surface area contributed by atoms with E-state index in [1.54, 1.807) is 0 Å². The van der Waals surface area contributed by atoms with Crippen molar-refractivity contribution >= 4 is 41.8 Å². The molecule has 20 heteroatoms. The minimum absolute atomic E-state index is 0.244. The largest absolute Gasteiger partial charge is 0.740 e. The van der Waals surface area contributed by atoms with Gasteiger partial charge in [-0.1, -0.05) is 11.3 Å². The number of amides is 1. The van der Waals surface area contributed by atoms with Gasteiger partial charge in [-0.15, -0.1) is 9.42 Å². The number of rotatable bonds is 9. The Kier molecular flexibility index (Phi) is 8.01. The van der Waals surface area contributed by atoms with Gasteiger partial charge in [0.25, 0.3) is 5.91 Å². The van der Waals surface area contributed by atoms with Crippen LogP contribution in [0, 0.1) is 5.13 Å². The molecule has 1 unspecified atom stereocenters. The molecule has 0 aromatic carbocycles. The highest BCUT2D eigenvalue weighted by Crippen LogP contribution is 2.72. The number of aromatic nitrogens is 1. The highest BCUT2D eigenvalue weighted by atomic mass is 32.1. The Balaban J connectivity index is 2.02. The quantitative estimate of drug-likeness (QED) is 0.180. The lowest BCUT2D eigenvalue weighted by Gasteiger charge is -2.14. The van der Waals surface area contributed by atoms with E-state index in [-0.39, 0.29) is 5.01 Å². The maximum Gasteiger partial charge on any atom is 0.740 e. The summed E-state index contributed by atoms with van der Waals surface area (Å²) in [5, 5.41) is 18.7. The molecule has 0 aliphatic carbocycles. The first-order valence-electron chi connectivity index (χ1n) is 7.11. The molecule has 9 N–H and O–H groups in total. The van der Waals surface area contributed by atoms with Crippen molar-refractivity contribution < 1.29 is 66.3 Å². The number of nitrogens with zero attached hydrogens (tertiary/aromatic N) is 1. The minimum Gasteiger partial charge on any atom is -0.387 e. The van der Waals surface area contributed by atoms with Gasteiger partial charge >= 0.3 is 24.6 Å². The van der Waals surface area contributed by atoms with Gasteiger partial charge in [0.05, 0.1) is 4.31 Å². The van der Waals surface area contributed by atoms with E-state index < -0.39 is 72.4 Å². The molecule has 1 amide bonds. The zero-order valence-corrected chi connectivity index (χ0v) is 17.2. The van der Waals surface area contributed by atoms with Gasteiger partial charge in [-0.25, -0.2) is 4.98 Å². The van der Waals surface area contributed by atoms with Gasteiger partial charge in [0.15, 0.2) is 5.69 Å². The number of hydrogen-bond donors (Lipinski definition) is 8. The number of carbonyl (C=O) groups excluding carboxylic acids is 1. The van der Waals surface area contributed by atoms with Gasteiger partial charge in [-0.3, -0.25) is 4.79 Å². The van der Waals surface area contributed by atoms with Crippen molar-refractivity contribution in [3.05, 3.63) is 15.8 Å². The molecule has 1 aliphatic rings. The van der Waals surface area contributed by atoms with E-state index in [2.05, 4.69) is 18.1 Å². The average molecular weight is 503 g/mol. The predicted octanol–water partition coefficient (Wildman–Crippen LogP) is -1.43. The molecular formula is C9H15FN2O13P3S+3. The third-order valence-corrected chi connectivity index (χ3v) is 7.74. The van der Waals surface area contributed by atoms with E-state index in [0.717, 1.165) is 0 Å². The number of aliphatic hydroxyl groups excluding tert-OH is 2. The van der Waals surface area contributed by atoms with Crippen LogP contribution in [0.2, 0.25) is 0 Å². The molecule has 0 saturated carbocycles. The minimum atomic E-state index is -5.14. The van der Waals surface area contributed by atoms with Gasteiger partial charge in [-0.05, 0) is 0 Å². The zero-order chi connectivity index (χ0) is 22.1. The number of thiazole rings is 1. The number of ether oxygens (including phenoxy) is 1. The van der Waals surface area contributed by atoms with E-state index in [1.807, 2.05) is 0 Å². The third-order valence-electron chi connectivity index (χ3n) is 3.24. The first-order valence-corrected chi connectivity index (χ1v) is 12.1. The first kappa shape index (κ1) is 24.8. The van der Waals surface area contributed by atoms with Crippen molar-refractivity contribution in [3.63, 3.8) is 0 Å². The summed E-state index contributed by atoms with van der Waals surface area (Å²) in [7, 11) is -13.7. The number of nitrogens with two attached hydrogens (primary N) is 1. The van der Waals surface area contributed by atoms with Gasteiger partial charge < -0.3 is 20.7 Å². The Morgan fingerprint density at radius 3 is 2.41 bits per heavy atom. The molecule has 0 radical (unpaired) electrons. The summed E-state index contributed by atoms with van der Waals surface area (Å²) in [6, 6.07) is 0. The lowest BCUT2D eigenvalue weighted by Crippen LogP contribution is -2.33. The Morgan fingerprint density at radius 2 is 1.90 bits per heavy atom. The van der Waals surface area contributed by atoms with E-state index in [1.165, 1.54) is 0 Å². The molecule has 1 saturated heterocycles. The van der Waals surface area contributed by atoms with Crippen LogP contribution >= 0.6 is 35.9 Å². The first-order chi connectivity index (χ1) is 13.2. The van der Waals surface area contributed by atoms with Crippen LogP contribution < -0.4 is 5.73 Å². The fourth-order valence-electron chi connectivity index (χ4n) is 2.12. The molecule has 1 aromatic heterocycles. The van der Waals surface area contributed by atoms with E-state index in [4.69, 9.17) is 15.4 Å². The number of primary amides is 1. The summed E-state index contributed by atoms with van der Waals surface area (Å²) in [6.07, 6.45) is -6.30. The van der Waals surface area contributed by atoms with Crippen LogP contribution in [0.15, 0.2) is 0 Å². The molecule has 15 nitrogen and oxygen atoms in total. The maximum atomic E-state index is 13.6. The zero-order valence-electron chi connectivity index (χ0n) is 13.7. The van der Waals surface area contributed by atoms with Crippen molar-refractivity contribution in [1.82, 2.24) is 4.98 Å². The van der Waals surface area contributed by atoms with E-state index in [9.17, 15) is 43.5 Å². The van der Waals surface area contributed by atoms with Crippen molar-refractivity contribution in [2.24, 2.45) is 5.73 Å². The highest BCUT2D eigenvalue weighted by Gasteiger charge is 2.66. The summed E-state index contributed by atoms with van der Waals surface area (Å²) in [4.78, 5) is 60.5. The number of carbonyl (C=O) groups is 1. The van der Waals surface area contributed by atoms with Crippen LogP contribution in [0.1, 0.15) is 21.6 Å². The number of halogens is 1. The van der Waals surface area contributed by atoms with Crippen molar-refractivity contribution in [2.75, 3.05) is 6.61 Å². The van der Waals surface area contributed by atoms with Crippen LogP contribution in [0.3, 0.4) is 0 Å². The fourth-order valence-corrected chi connectivity index (χ4v) is 5.75. The summed E-state index contributed by atoms with van der Waals surface area (Å²) in [5.74, 6) is -1.17. The van der Waals surface area contributed by atoms with E-state index >= 15 is 0 Å². The third kappa shape index (κ3) is 6.51. The predicted molar refractivity (Wildman–Crippen MR) is 90.9 cm³/mol. The smallest absolute Gasteiger partial charge is 0.387 e. The van der Waals surface area contributed by atoms with Crippen LogP contribution in [-0.4, -0.2) is 70.5 Å². The second-order valence-electron chi connectivity index (χ2n) is 5.29. The SMILES string of the molecule is NC(=O)c1nc([C@@H]2O[C@H](CO[P+](O)(O)O[P+](O)(O)O[P+](=O)O)[C@@H](O)[C@H]2O)sc1F. The van der Waals surface area contributed by atoms with Crippen LogP contribution in [0.4, 0.5) is 4.39 Å². The van der Waals surface area contributed by atoms with Gasteiger partial charge in [0, 0.05) is 4.57 Å². The van der Waals surface area contributed by atoms with Crippen LogP contribution in [-0.2, 0) is 22.4 Å². The molecule has 1 aromatic rings. The second kappa shape index (κ2) is 9.36. The standard InChI is InChI=1S/C9H13FN2O13P3S/c10-7-3(8(11)15)12-9(29-7)6-5(14)4(13)2(23-6)1-22-27(18,19)25-28(20,21)24-26(16)17/h2,4-6,13-14,18-21H,1H2,(H-2,11,15,16,17)/q+1/p+2/t2-,4-,5-,6-/m1/s1. The molecule has 0 bridgehead atoms. The summed E-state index contributed by atoms with van der Waals surface area (Å²) < 4.78 is 41.4. The van der Waals surface area contributed by atoms with Crippen molar-refractivity contribution in [1.29, 1.82) is 0 Å². The molecular weight excluding hydrogens is 488 g/mol. The van der Waals surface area contributed by atoms with Gasteiger partial charge in [0.1, 0.15) is 40.3 Å². The van der Waals surface area contributed by atoms with Crippen molar-refractivity contribution in [3.8, 4) is 0 Å². The van der Waals surface area contributed by atoms with Gasteiger partial charge in [-0.2, -0.15) is 24.0 Å². The molecule has 0 spiro atoms. The summed E-state index contributed by atoms with van der Waals surface area (Å²) in [5.41, 5.74) is 4.23. The number of hydrogen-bond acceptors (Lipinski definition) is 14. The Bertz CT molecular complexity index is 781. The molecule has 2 rings (SSSR count).